The van der Waals surface area contributed by atoms with Crippen molar-refractivity contribution < 1.29 is 62.2 Å². The Balaban J connectivity index is 0.000000197. The van der Waals surface area contributed by atoms with E-state index in [0.717, 1.165) is 44.7 Å². The number of halogens is 8. The van der Waals surface area contributed by atoms with E-state index in [4.69, 9.17) is 83.2 Å². The molecule has 0 aromatic heterocycles. The molecule has 0 fully saturated rings. The lowest BCUT2D eigenvalue weighted by molar-refractivity contribution is -0.274. The number of ether oxygens (including phenoxy) is 2. The molecule has 8 rings (SSSR count). The number of benzene rings is 8. The van der Waals surface area contributed by atoms with Gasteiger partial charge in [-0.2, -0.15) is 0 Å². The van der Waals surface area contributed by atoms with Gasteiger partial charge >= 0.3 is 30.2 Å². The Hall–Kier alpha value is -7.52. The Morgan fingerprint density at radius 1 is 0.400 bits per heavy atom. The van der Waals surface area contributed by atoms with Gasteiger partial charge in [-0.3, -0.25) is 19.2 Å². The summed E-state index contributed by atoms with van der Waals surface area (Å²) in [5.74, 6) is -3.23. The van der Waals surface area contributed by atoms with Crippen LogP contribution >= 0.6 is 58.0 Å². The van der Waals surface area contributed by atoms with Crippen LogP contribution in [0.1, 0.15) is 48.6 Å². The number of carbonyl (C=O) groups is 4. The first-order chi connectivity index (χ1) is 37.7. The SMILES string of the molecule is CC(C)(C)c1ccc(-c2ccc(Cl)cc2CC(=O)O)cc1.COc1ccc(-c2ccc(Cl)cc2CC(=O)O)cc1.O=C(O)Cc1cc(Cl)ccc1-c1ccc(OC(F)(F)F)cc1.O=C(O)Cc1cc(Cl)ccc1-c1cccc(Cl)c1. The van der Waals surface area contributed by atoms with Gasteiger partial charge in [0.05, 0.1) is 32.8 Å². The van der Waals surface area contributed by atoms with Crippen LogP contribution in [0.25, 0.3) is 44.5 Å². The standard InChI is InChI=1S/C18H19ClO2.C15H10ClF3O3.C15H13ClO3.C14H10Cl2O2/c1-18(2,3)14-6-4-12(5-7-14)16-9-8-15(19)10-13(16)11-17(20)21;16-11-3-6-13(10(7-11)8-14(20)21)9-1-4-12(5-2-9)22-15(17,18)19;1-19-13-5-2-10(3-6-13)14-7-4-12(16)8-11(14)9-15(17)18;15-11-3-1-2-9(6-11)13-5-4-12(16)7-10(13)8-14(17)18/h4-10H,11H2,1-3H3,(H,20,21);1-7H,8H2,(H,20,21);2-8H,9H2,1H3,(H,17,18);1-7H,8H2,(H,17,18). The highest BCUT2D eigenvalue weighted by molar-refractivity contribution is 6.32. The minimum absolute atomic E-state index is 0.0308. The number of methoxy groups -OCH3 is 1. The molecular weight excluding hydrogens is 1140 g/mol. The summed E-state index contributed by atoms with van der Waals surface area (Å²) >= 11 is 29.6. The lowest BCUT2D eigenvalue weighted by atomic mass is 9.86. The number of carboxylic acids is 4. The number of carboxylic acid groups (broad SMARTS) is 4. The number of alkyl halides is 3. The largest absolute Gasteiger partial charge is 0.573 e. The van der Waals surface area contributed by atoms with E-state index in [0.29, 0.717) is 52.9 Å². The van der Waals surface area contributed by atoms with Gasteiger partial charge in [0.15, 0.2) is 0 Å². The van der Waals surface area contributed by atoms with Crippen molar-refractivity contribution >= 4 is 81.9 Å². The summed E-state index contributed by atoms with van der Waals surface area (Å²) in [6.45, 7) is 6.50. The van der Waals surface area contributed by atoms with E-state index in [1.54, 1.807) is 67.8 Å². The van der Waals surface area contributed by atoms with Gasteiger partial charge in [-0.25, -0.2) is 0 Å². The van der Waals surface area contributed by atoms with Crippen LogP contribution in [0.5, 0.6) is 11.5 Å². The zero-order chi connectivity index (χ0) is 58.9. The molecule has 416 valence electrons. The third-order valence-corrected chi connectivity index (χ3v) is 12.8. The zero-order valence-corrected chi connectivity index (χ0v) is 47.0. The summed E-state index contributed by atoms with van der Waals surface area (Å²) < 4.78 is 45.2. The van der Waals surface area contributed by atoms with Gasteiger partial charge in [0.2, 0.25) is 0 Å². The molecule has 10 nitrogen and oxygen atoms in total. The van der Waals surface area contributed by atoms with Gasteiger partial charge < -0.3 is 29.9 Å². The highest BCUT2D eigenvalue weighted by Gasteiger charge is 2.31. The molecule has 80 heavy (non-hydrogen) atoms. The van der Waals surface area contributed by atoms with Gasteiger partial charge in [0, 0.05) is 25.1 Å². The lowest BCUT2D eigenvalue weighted by Crippen LogP contribution is -2.16. The molecule has 0 atom stereocenters. The van der Waals surface area contributed by atoms with E-state index >= 15 is 0 Å². The van der Waals surface area contributed by atoms with Crippen molar-refractivity contribution in [1.29, 1.82) is 0 Å². The Bertz CT molecular complexity index is 3440. The van der Waals surface area contributed by atoms with Crippen molar-refractivity contribution in [2.45, 2.75) is 58.2 Å². The maximum Gasteiger partial charge on any atom is 0.573 e. The molecule has 0 aliphatic carbocycles. The van der Waals surface area contributed by atoms with E-state index in [-0.39, 0.29) is 36.8 Å². The first-order valence-corrected chi connectivity index (χ1v) is 25.9. The highest BCUT2D eigenvalue weighted by Crippen LogP contribution is 2.34. The summed E-state index contributed by atoms with van der Waals surface area (Å²) in [6, 6.07) is 48.9. The topological polar surface area (TPSA) is 168 Å². The molecule has 0 saturated heterocycles. The second-order valence-corrected chi connectivity index (χ2v) is 20.8. The van der Waals surface area contributed by atoms with Crippen LogP contribution in [0, 0.1) is 0 Å². The van der Waals surface area contributed by atoms with Crippen LogP contribution < -0.4 is 9.47 Å². The molecule has 0 spiro atoms. The average molecular weight is 1190 g/mol. The zero-order valence-electron chi connectivity index (χ0n) is 43.3. The first kappa shape index (κ1) is 63.3. The van der Waals surface area contributed by atoms with Crippen LogP contribution in [-0.2, 0) is 50.3 Å². The maximum absolute atomic E-state index is 12.1. The molecule has 8 aromatic carbocycles. The van der Waals surface area contributed by atoms with Crippen LogP contribution in [0.3, 0.4) is 0 Å². The van der Waals surface area contributed by atoms with Crippen LogP contribution in [-0.4, -0.2) is 57.8 Å². The molecule has 0 heterocycles. The lowest BCUT2D eigenvalue weighted by Gasteiger charge is -2.19. The van der Waals surface area contributed by atoms with E-state index in [2.05, 4.69) is 37.6 Å². The number of aliphatic carboxylic acids is 4. The Morgan fingerprint density at radius 2 is 0.700 bits per heavy atom. The van der Waals surface area contributed by atoms with Crippen molar-refractivity contribution in [3.8, 4) is 56.0 Å². The first-order valence-electron chi connectivity index (χ1n) is 24.1. The number of hydrogen-bond donors (Lipinski definition) is 4. The molecule has 0 amide bonds. The Labute approximate surface area is 485 Å². The Morgan fingerprint density at radius 3 is 0.988 bits per heavy atom. The van der Waals surface area contributed by atoms with Crippen molar-refractivity contribution in [2.24, 2.45) is 0 Å². The fourth-order valence-electron chi connectivity index (χ4n) is 8.02. The number of hydrogen-bond acceptors (Lipinski definition) is 6. The van der Waals surface area contributed by atoms with Gasteiger partial charge in [-0.1, -0.05) is 164 Å². The second kappa shape index (κ2) is 29.1. The van der Waals surface area contributed by atoms with Gasteiger partial charge in [-0.15, -0.1) is 13.2 Å². The summed E-state index contributed by atoms with van der Waals surface area (Å²) in [7, 11) is 1.60. The van der Waals surface area contributed by atoms with Crippen molar-refractivity contribution in [2.75, 3.05) is 7.11 Å². The third-order valence-electron chi connectivity index (χ3n) is 11.6. The second-order valence-electron chi connectivity index (χ2n) is 18.6. The van der Waals surface area contributed by atoms with Gasteiger partial charge in [0.1, 0.15) is 11.5 Å². The molecule has 18 heteroatoms. The molecule has 0 bridgehead atoms. The fourth-order valence-corrected chi connectivity index (χ4v) is 8.99. The van der Waals surface area contributed by atoms with Crippen molar-refractivity contribution in [3.63, 3.8) is 0 Å². The monoisotopic (exact) mass is 1190 g/mol. The van der Waals surface area contributed by atoms with Crippen LogP contribution in [0.2, 0.25) is 25.1 Å². The maximum atomic E-state index is 12.1. The quantitative estimate of drug-likeness (QED) is 0.0823. The van der Waals surface area contributed by atoms with E-state index < -0.39 is 30.2 Å². The summed E-state index contributed by atoms with van der Waals surface area (Å²) in [5, 5.41) is 38.4. The van der Waals surface area contributed by atoms with E-state index in [9.17, 15) is 32.3 Å². The summed E-state index contributed by atoms with van der Waals surface area (Å²) in [4.78, 5) is 43.7. The predicted molar refractivity (Wildman–Crippen MR) is 310 cm³/mol. The highest BCUT2D eigenvalue weighted by atomic mass is 35.5. The molecule has 0 aliphatic rings. The number of rotatable bonds is 14. The van der Waals surface area contributed by atoms with Crippen LogP contribution in [0.4, 0.5) is 13.2 Å². The molecule has 8 aromatic rings. The van der Waals surface area contributed by atoms with Gasteiger partial charge in [0.25, 0.3) is 0 Å². The molecular formula is C62H52Cl5F3O10. The molecule has 4 N–H and O–H groups in total. The summed E-state index contributed by atoms with van der Waals surface area (Å²) in [5.41, 5.74) is 10.6. The smallest absolute Gasteiger partial charge is 0.497 e. The molecule has 0 aliphatic heterocycles. The van der Waals surface area contributed by atoms with E-state index in [1.807, 2.05) is 66.7 Å². The normalized spacial score (nSPS) is 10.8. The Kier molecular flexibility index (Phi) is 23.0. The third kappa shape index (κ3) is 20.3. The molecule has 0 radical (unpaired) electrons. The minimum Gasteiger partial charge on any atom is -0.497 e. The summed E-state index contributed by atoms with van der Waals surface area (Å²) in [6.07, 6.45) is -5.14. The average Bonchev–Trinajstić information content (AvgIpc) is 3.36. The van der Waals surface area contributed by atoms with Crippen molar-refractivity contribution in [1.82, 2.24) is 0 Å². The fraction of sp³-hybridized carbons (Fsp3) is 0.161. The van der Waals surface area contributed by atoms with Crippen LogP contribution in [0.15, 0.2) is 170 Å². The van der Waals surface area contributed by atoms with E-state index in [1.165, 1.54) is 35.9 Å². The molecule has 0 unspecified atom stereocenters. The van der Waals surface area contributed by atoms with Gasteiger partial charge in [-0.05, 0) is 163 Å². The molecule has 0 saturated carbocycles. The minimum atomic E-state index is -4.75. The van der Waals surface area contributed by atoms with Crippen molar-refractivity contribution in [3.05, 3.63) is 223 Å². The predicted octanol–water partition coefficient (Wildman–Crippen LogP) is 17.4.